The first-order valence-electron chi connectivity index (χ1n) is 33.6. The van der Waals surface area contributed by atoms with Gasteiger partial charge in [0.2, 0.25) is 0 Å². The summed E-state index contributed by atoms with van der Waals surface area (Å²) in [6, 6.07) is 128. The Labute approximate surface area is 562 Å². The van der Waals surface area contributed by atoms with E-state index >= 15 is 0 Å². The first-order valence-corrected chi connectivity index (χ1v) is 33.6. The molecule has 96 heavy (non-hydrogen) atoms. The number of hydrogen-bond donors (Lipinski definition) is 0. The van der Waals surface area contributed by atoms with Crippen LogP contribution < -0.4 is 9.80 Å². The van der Waals surface area contributed by atoms with Gasteiger partial charge in [-0.3, -0.25) is 0 Å². The molecule has 0 N–H and O–H groups in total. The Balaban J connectivity index is 0.737. The molecule has 2 aliphatic rings. The van der Waals surface area contributed by atoms with Gasteiger partial charge >= 0.3 is 0 Å². The molecule has 0 amide bonds. The second kappa shape index (κ2) is 22.4. The van der Waals surface area contributed by atoms with E-state index < -0.39 is 10.8 Å². The predicted octanol–water partition coefficient (Wildman–Crippen LogP) is 24.8. The molecule has 0 heterocycles. The van der Waals surface area contributed by atoms with Gasteiger partial charge in [-0.1, -0.05) is 278 Å². The van der Waals surface area contributed by atoms with Crippen molar-refractivity contribution in [2.45, 2.75) is 38.5 Å². The molecule has 0 atom stereocenters. The SMILES string of the molecule is Cc1cccc(N(c2ccc(-c3cccc(C4(c5cccc(C)c5)c5ccccc5-c5ccccc54)c3)cc2)c2ccc3ccc4c(N(c5ccc(-c6cccc(C7(c8cccc(C)c8)c8ccccc8-c8ccccc87)c6)cc5)c5cccc(C)c5)ccc5ccc2c3c54)c1. The van der Waals surface area contributed by atoms with Gasteiger partial charge in [-0.15, -0.1) is 0 Å². The number of anilines is 6. The first-order chi connectivity index (χ1) is 47.2. The lowest BCUT2D eigenvalue weighted by Gasteiger charge is -2.34. The van der Waals surface area contributed by atoms with E-state index in [0.29, 0.717) is 0 Å². The van der Waals surface area contributed by atoms with E-state index in [1.807, 2.05) is 0 Å². The third kappa shape index (κ3) is 8.79. The maximum atomic E-state index is 2.46. The van der Waals surface area contributed by atoms with Crippen LogP contribution in [0.4, 0.5) is 34.1 Å². The van der Waals surface area contributed by atoms with Crippen LogP contribution in [-0.2, 0) is 10.8 Å². The number of fused-ring (bicyclic) bond motifs is 6. The van der Waals surface area contributed by atoms with E-state index in [1.54, 1.807) is 0 Å². The molecule has 0 fully saturated rings. The first kappa shape index (κ1) is 56.9. The van der Waals surface area contributed by atoms with Crippen molar-refractivity contribution in [2.75, 3.05) is 9.80 Å². The summed E-state index contributed by atoms with van der Waals surface area (Å²) >= 11 is 0. The van der Waals surface area contributed by atoms with E-state index in [4.69, 9.17) is 0 Å². The largest absolute Gasteiger partial charge is 0.310 e. The molecular weight excluding hydrogens is 1160 g/mol. The van der Waals surface area contributed by atoms with Gasteiger partial charge in [0.05, 0.1) is 22.2 Å². The van der Waals surface area contributed by atoms with Crippen LogP contribution in [0.25, 0.3) is 76.8 Å². The maximum absolute atomic E-state index is 2.46. The Bertz CT molecular complexity index is 5290. The molecule has 0 saturated heterocycles. The van der Waals surface area contributed by atoms with Crippen LogP contribution >= 0.6 is 0 Å². The zero-order valence-electron chi connectivity index (χ0n) is 54.2. The summed E-state index contributed by atoms with van der Waals surface area (Å²) in [5.74, 6) is 0. The zero-order valence-corrected chi connectivity index (χ0v) is 54.2. The molecule has 2 heteroatoms. The van der Waals surface area contributed by atoms with Gasteiger partial charge < -0.3 is 9.80 Å². The highest BCUT2D eigenvalue weighted by atomic mass is 15.1. The highest BCUT2D eigenvalue weighted by molar-refractivity contribution is 6.28. The monoisotopic (exact) mass is 1220 g/mol. The van der Waals surface area contributed by atoms with E-state index in [-0.39, 0.29) is 0 Å². The fourth-order valence-corrected chi connectivity index (χ4v) is 16.8. The Morgan fingerprint density at radius 2 is 0.531 bits per heavy atom. The molecule has 2 aliphatic carbocycles. The third-order valence-electron chi connectivity index (χ3n) is 20.9. The van der Waals surface area contributed by atoms with Crippen LogP contribution in [0.2, 0.25) is 0 Å². The van der Waals surface area contributed by atoms with E-state index in [1.165, 1.54) is 132 Å². The second-order valence-corrected chi connectivity index (χ2v) is 26.6. The summed E-state index contributed by atoms with van der Waals surface area (Å²) in [6.45, 7) is 8.80. The number of nitrogens with zero attached hydrogens (tertiary/aromatic N) is 2. The molecule has 0 aromatic heterocycles. The molecule has 16 aromatic carbocycles. The zero-order chi connectivity index (χ0) is 64.2. The van der Waals surface area contributed by atoms with Crippen LogP contribution in [0.5, 0.6) is 0 Å². The number of rotatable bonds is 12. The molecular formula is C94H68N2. The lowest BCUT2D eigenvalue weighted by atomic mass is 9.67. The third-order valence-corrected chi connectivity index (χ3v) is 20.9. The minimum atomic E-state index is -0.489. The molecule has 0 saturated carbocycles. The Hall–Kier alpha value is -11.8. The number of hydrogen-bond acceptors (Lipinski definition) is 2. The lowest BCUT2D eigenvalue weighted by molar-refractivity contribution is 0.767. The molecule has 454 valence electrons. The highest BCUT2D eigenvalue weighted by Gasteiger charge is 2.47. The van der Waals surface area contributed by atoms with Crippen molar-refractivity contribution < 1.29 is 0 Å². The smallest absolute Gasteiger partial charge is 0.0713 e. The van der Waals surface area contributed by atoms with E-state index in [2.05, 4.69) is 377 Å². The molecule has 2 nitrogen and oxygen atoms in total. The van der Waals surface area contributed by atoms with Crippen LogP contribution in [0, 0.1) is 27.7 Å². The minimum Gasteiger partial charge on any atom is -0.310 e. The Kier molecular flexibility index (Phi) is 13.3. The van der Waals surface area contributed by atoms with Crippen molar-refractivity contribution in [3.05, 3.63) is 406 Å². The van der Waals surface area contributed by atoms with Gasteiger partial charge in [0.1, 0.15) is 0 Å². The summed E-state index contributed by atoms with van der Waals surface area (Å²) in [6.07, 6.45) is 0. The molecule has 0 aliphatic heterocycles. The van der Waals surface area contributed by atoms with Gasteiger partial charge in [0.25, 0.3) is 0 Å². The summed E-state index contributed by atoms with van der Waals surface area (Å²) in [4.78, 5) is 4.92. The summed E-state index contributed by atoms with van der Waals surface area (Å²) in [7, 11) is 0. The van der Waals surface area contributed by atoms with Crippen LogP contribution in [-0.4, -0.2) is 0 Å². The highest BCUT2D eigenvalue weighted by Crippen LogP contribution is 2.59. The number of aryl methyl sites for hydroxylation is 4. The normalized spacial score (nSPS) is 13.2. The summed E-state index contributed by atoms with van der Waals surface area (Å²) in [5.41, 5.74) is 30.8. The van der Waals surface area contributed by atoms with Crippen molar-refractivity contribution in [3.8, 4) is 44.5 Å². The molecule has 0 spiro atoms. The fraction of sp³-hybridized carbons (Fsp3) is 0.0638. The van der Waals surface area contributed by atoms with Crippen molar-refractivity contribution in [1.82, 2.24) is 0 Å². The van der Waals surface area contributed by atoms with Gasteiger partial charge in [-0.25, -0.2) is 0 Å². The fourth-order valence-electron chi connectivity index (χ4n) is 16.8. The number of benzene rings is 16. The van der Waals surface area contributed by atoms with Crippen molar-refractivity contribution >= 4 is 66.4 Å². The molecule has 0 unspecified atom stereocenters. The second-order valence-electron chi connectivity index (χ2n) is 26.6. The Morgan fingerprint density at radius 3 is 0.885 bits per heavy atom. The van der Waals surface area contributed by atoms with Gasteiger partial charge in [-0.2, -0.15) is 0 Å². The van der Waals surface area contributed by atoms with E-state index in [9.17, 15) is 0 Å². The van der Waals surface area contributed by atoms with Gasteiger partial charge in [-0.05, 0) is 222 Å². The molecule has 0 bridgehead atoms. The van der Waals surface area contributed by atoms with Crippen molar-refractivity contribution in [2.24, 2.45) is 0 Å². The van der Waals surface area contributed by atoms with Crippen LogP contribution in [0.15, 0.2) is 340 Å². The predicted molar refractivity (Wildman–Crippen MR) is 404 cm³/mol. The van der Waals surface area contributed by atoms with Crippen molar-refractivity contribution in [3.63, 3.8) is 0 Å². The van der Waals surface area contributed by atoms with Crippen LogP contribution in [0.3, 0.4) is 0 Å². The lowest BCUT2D eigenvalue weighted by Crippen LogP contribution is -2.28. The van der Waals surface area contributed by atoms with Crippen molar-refractivity contribution in [1.29, 1.82) is 0 Å². The average Bonchev–Trinajstić information content (AvgIpc) is 1.52. The van der Waals surface area contributed by atoms with Gasteiger partial charge in [0.15, 0.2) is 0 Å². The summed E-state index contributed by atoms with van der Waals surface area (Å²) in [5, 5.41) is 7.32. The maximum Gasteiger partial charge on any atom is 0.0713 e. The van der Waals surface area contributed by atoms with Gasteiger partial charge in [0, 0.05) is 33.5 Å². The van der Waals surface area contributed by atoms with Crippen LogP contribution in [0.1, 0.15) is 66.8 Å². The summed E-state index contributed by atoms with van der Waals surface area (Å²) < 4.78 is 0. The van der Waals surface area contributed by atoms with E-state index in [0.717, 1.165) is 45.3 Å². The topological polar surface area (TPSA) is 6.48 Å². The average molecular weight is 1230 g/mol. The Morgan fingerprint density at radius 1 is 0.219 bits per heavy atom. The molecule has 18 rings (SSSR count). The standard InChI is InChI=1S/C94H68N2/c1-61-19-13-25-71(55-61)93(85-35-9-5-31-79(85)80-32-6-10-36-86(80)93)73-27-17-23-69(59-73)65-39-47-75(48-40-65)95(77-29-15-21-63(3)57-77)89-53-45-67-44-52-84-90(54-46-68-43-51-83(89)91(67)92(68)84)96(78-30-16-22-64(4)58-78)76-49-41-66(42-50-76)70-24-18-28-74(60-70)94(72-26-14-20-62(2)56-72)87-37-11-7-33-81(87)82-34-8-12-38-88(82)94/h5-60H,1-4H3. The molecule has 0 radical (unpaired) electrons. The minimum absolute atomic E-state index is 0.489. The quantitative estimate of drug-likeness (QED) is 0.113. The molecule has 16 aromatic rings.